The van der Waals surface area contributed by atoms with Gasteiger partial charge >= 0.3 is 12.4 Å². The number of halogens is 8. The van der Waals surface area contributed by atoms with Gasteiger partial charge in [0.2, 0.25) is 0 Å². The maximum Gasteiger partial charge on any atom is 0.435 e. The quantitative estimate of drug-likeness (QED) is 0.306. The molecule has 0 bridgehead atoms. The van der Waals surface area contributed by atoms with Gasteiger partial charge < -0.3 is 4.98 Å². The minimum atomic E-state index is -4.95. The van der Waals surface area contributed by atoms with Gasteiger partial charge in [-0.2, -0.15) is 26.3 Å². The Labute approximate surface area is 192 Å². The van der Waals surface area contributed by atoms with Crippen LogP contribution >= 0.6 is 11.6 Å². The first-order valence-corrected chi connectivity index (χ1v) is 9.90. The highest BCUT2D eigenvalue weighted by atomic mass is 35.5. The molecule has 0 aliphatic rings. The fourth-order valence-corrected chi connectivity index (χ4v) is 3.33. The van der Waals surface area contributed by atoms with Crippen molar-refractivity contribution in [1.29, 1.82) is 0 Å². The number of hydrogen-bond acceptors (Lipinski definition) is 4. The lowest BCUT2D eigenvalue weighted by molar-refractivity contribution is -0.140. The molecule has 13 heteroatoms. The van der Waals surface area contributed by atoms with Gasteiger partial charge in [0.15, 0.2) is 17.2 Å². The molecule has 0 aliphatic carbocycles. The Morgan fingerprint density at radius 2 is 1.56 bits per heavy atom. The Morgan fingerprint density at radius 3 is 2.12 bits per heavy atom. The van der Waals surface area contributed by atoms with E-state index in [0.29, 0.717) is 6.07 Å². The van der Waals surface area contributed by atoms with Crippen LogP contribution in [0.15, 0.2) is 36.5 Å². The maximum absolute atomic E-state index is 14.0. The number of aromatic amines is 1. The van der Waals surface area contributed by atoms with Gasteiger partial charge in [0, 0.05) is 17.3 Å². The van der Waals surface area contributed by atoms with Crippen LogP contribution in [0.5, 0.6) is 0 Å². The number of alkyl halides is 7. The molecule has 178 valence electrons. The molecule has 0 saturated heterocycles. The number of H-pyrrole nitrogens is 1. The first-order valence-electron chi connectivity index (χ1n) is 9.52. The van der Waals surface area contributed by atoms with Crippen LogP contribution in [0.25, 0.3) is 33.9 Å². The van der Waals surface area contributed by atoms with Crippen molar-refractivity contribution in [2.24, 2.45) is 0 Å². The van der Waals surface area contributed by atoms with E-state index in [1.54, 1.807) is 0 Å². The minimum absolute atomic E-state index is 0.0506. The number of rotatable bonds is 3. The lowest BCUT2D eigenvalue weighted by atomic mass is 10.1. The highest BCUT2D eigenvalue weighted by Crippen LogP contribution is 2.38. The fraction of sp³-hybridized carbons (Fsp3) is 0.238. The molecule has 3 heterocycles. The highest BCUT2D eigenvalue weighted by Gasteiger charge is 2.37. The summed E-state index contributed by atoms with van der Waals surface area (Å²) in [5, 5.41) is -0.164. The number of nitrogens with one attached hydrogen (secondary N) is 1. The molecule has 1 aromatic carbocycles. The Hall–Kier alpha value is -3.28. The van der Waals surface area contributed by atoms with E-state index in [2.05, 4.69) is 24.9 Å². The van der Waals surface area contributed by atoms with Crippen molar-refractivity contribution < 1.29 is 30.7 Å². The summed E-state index contributed by atoms with van der Waals surface area (Å²) >= 11 is 5.99. The SMILES string of the molecule is CC(C)(F)c1ccc(-c2nc(C(F)(F)F)c3[nH]c(-c4cc(C(F)(F)F)ccc4Cl)nc3n2)cn1. The first-order chi connectivity index (χ1) is 15.6. The summed E-state index contributed by atoms with van der Waals surface area (Å²) < 4.78 is 94.7. The van der Waals surface area contributed by atoms with Crippen LogP contribution < -0.4 is 0 Å². The van der Waals surface area contributed by atoms with Gasteiger partial charge in [0.25, 0.3) is 0 Å². The van der Waals surface area contributed by atoms with Crippen molar-refractivity contribution in [2.75, 3.05) is 0 Å². The Morgan fingerprint density at radius 1 is 0.853 bits per heavy atom. The predicted octanol–water partition coefficient (Wildman–Crippen LogP) is 6.98. The van der Waals surface area contributed by atoms with E-state index in [1.807, 2.05) is 0 Å². The summed E-state index contributed by atoms with van der Waals surface area (Å²) in [6, 6.07) is 4.97. The largest absolute Gasteiger partial charge is 0.435 e. The molecule has 0 unspecified atom stereocenters. The number of benzene rings is 1. The second-order valence-electron chi connectivity index (χ2n) is 7.77. The van der Waals surface area contributed by atoms with Crippen molar-refractivity contribution >= 4 is 22.8 Å². The molecule has 0 saturated carbocycles. The van der Waals surface area contributed by atoms with Crippen molar-refractivity contribution in [3.63, 3.8) is 0 Å². The highest BCUT2D eigenvalue weighted by molar-refractivity contribution is 6.33. The molecule has 1 N–H and O–H groups in total. The van der Waals surface area contributed by atoms with Crippen LogP contribution in [-0.4, -0.2) is 24.9 Å². The summed E-state index contributed by atoms with van der Waals surface area (Å²) in [5.74, 6) is -0.751. The van der Waals surface area contributed by atoms with Crippen LogP contribution in [0.4, 0.5) is 30.7 Å². The average Bonchev–Trinajstić information content (AvgIpc) is 3.15. The molecule has 4 rings (SSSR count). The molecule has 0 radical (unpaired) electrons. The third kappa shape index (κ3) is 4.54. The lowest BCUT2D eigenvalue weighted by Crippen LogP contribution is -2.12. The summed E-state index contributed by atoms with van der Waals surface area (Å²) in [6.07, 6.45) is -8.54. The standard InChI is InChI=1S/C21H13ClF7N5/c1-19(2,23)13-6-3-9(8-30-13)16-32-15(21(27,28)29)14-18(33-16)34-17(31-14)11-7-10(20(24,25)26)4-5-12(11)22/h3-8H,1-2H3,(H,31,32,33,34). The number of imidazole rings is 1. The number of pyridine rings is 1. The Balaban J connectivity index is 1.89. The normalized spacial score (nSPS) is 13.0. The van der Waals surface area contributed by atoms with E-state index < -0.39 is 46.3 Å². The molecule has 0 atom stereocenters. The summed E-state index contributed by atoms with van der Waals surface area (Å²) in [4.78, 5) is 17.8. The van der Waals surface area contributed by atoms with Crippen LogP contribution in [0, 0.1) is 0 Å². The first kappa shape index (κ1) is 23.9. The number of nitrogens with zero attached hydrogens (tertiary/aromatic N) is 4. The van der Waals surface area contributed by atoms with E-state index in [-0.39, 0.29) is 27.7 Å². The number of aromatic nitrogens is 5. The van der Waals surface area contributed by atoms with Gasteiger partial charge in [-0.1, -0.05) is 11.6 Å². The molecule has 5 nitrogen and oxygen atoms in total. The third-order valence-electron chi connectivity index (χ3n) is 4.80. The zero-order chi connectivity index (χ0) is 25.1. The van der Waals surface area contributed by atoms with E-state index in [0.717, 1.165) is 18.3 Å². The Kier molecular flexibility index (Phi) is 5.54. The smallest absolute Gasteiger partial charge is 0.335 e. The zero-order valence-electron chi connectivity index (χ0n) is 17.3. The second-order valence-corrected chi connectivity index (χ2v) is 8.18. The van der Waals surface area contributed by atoms with Crippen LogP contribution in [-0.2, 0) is 18.0 Å². The molecule has 0 fully saturated rings. The molecule has 0 aliphatic heterocycles. The van der Waals surface area contributed by atoms with Gasteiger partial charge in [-0.25, -0.2) is 19.3 Å². The predicted molar refractivity (Wildman–Crippen MR) is 109 cm³/mol. The molecule has 3 aromatic heterocycles. The van der Waals surface area contributed by atoms with E-state index in [9.17, 15) is 30.7 Å². The molecule has 34 heavy (non-hydrogen) atoms. The molecule has 0 spiro atoms. The summed E-state index contributed by atoms with van der Waals surface area (Å²) in [7, 11) is 0. The van der Waals surface area contributed by atoms with Crippen molar-refractivity contribution in [2.45, 2.75) is 31.9 Å². The van der Waals surface area contributed by atoms with Crippen LogP contribution in [0.3, 0.4) is 0 Å². The fourth-order valence-electron chi connectivity index (χ4n) is 3.12. The summed E-state index contributed by atoms with van der Waals surface area (Å²) in [6.45, 7) is 2.53. The average molecular weight is 504 g/mol. The van der Waals surface area contributed by atoms with Crippen LogP contribution in [0.2, 0.25) is 5.02 Å². The third-order valence-corrected chi connectivity index (χ3v) is 5.13. The van der Waals surface area contributed by atoms with E-state index in [1.165, 1.54) is 26.0 Å². The maximum atomic E-state index is 14.0. The van der Waals surface area contributed by atoms with Gasteiger partial charge in [-0.3, -0.25) is 4.98 Å². The van der Waals surface area contributed by atoms with Crippen molar-refractivity contribution in [3.05, 3.63) is 58.5 Å². The molecule has 4 aromatic rings. The van der Waals surface area contributed by atoms with Crippen molar-refractivity contribution in [1.82, 2.24) is 24.9 Å². The molecule has 0 amide bonds. The van der Waals surface area contributed by atoms with Crippen molar-refractivity contribution in [3.8, 4) is 22.8 Å². The molecular weight excluding hydrogens is 491 g/mol. The molecular formula is C21H13ClF7N5. The topological polar surface area (TPSA) is 67.3 Å². The lowest BCUT2D eigenvalue weighted by Gasteiger charge is -2.13. The monoisotopic (exact) mass is 503 g/mol. The second kappa shape index (κ2) is 7.90. The zero-order valence-corrected chi connectivity index (χ0v) is 18.0. The van der Waals surface area contributed by atoms with Gasteiger partial charge in [0.05, 0.1) is 16.3 Å². The Bertz CT molecular complexity index is 1370. The van der Waals surface area contributed by atoms with Gasteiger partial charge in [-0.15, -0.1) is 0 Å². The van der Waals surface area contributed by atoms with E-state index >= 15 is 0 Å². The number of hydrogen-bond donors (Lipinski definition) is 1. The summed E-state index contributed by atoms with van der Waals surface area (Å²) in [5.41, 5.74) is -5.45. The van der Waals surface area contributed by atoms with Gasteiger partial charge in [-0.05, 0) is 44.2 Å². The van der Waals surface area contributed by atoms with Crippen LogP contribution in [0.1, 0.15) is 30.8 Å². The minimum Gasteiger partial charge on any atom is -0.335 e. The van der Waals surface area contributed by atoms with E-state index in [4.69, 9.17) is 11.6 Å². The number of fused-ring (bicyclic) bond motifs is 1. The van der Waals surface area contributed by atoms with Gasteiger partial charge in [0.1, 0.15) is 17.0 Å².